The molecule has 1 fully saturated rings. The van der Waals surface area contributed by atoms with E-state index in [1.54, 1.807) is 0 Å². The molecule has 0 atom stereocenters. The van der Waals surface area contributed by atoms with Crippen LogP contribution < -0.4 is 11.1 Å². The van der Waals surface area contributed by atoms with Gasteiger partial charge in [0.25, 0.3) is 0 Å². The van der Waals surface area contributed by atoms with E-state index in [1.165, 1.54) is 0 Å². The number of oxime groups is 1. The smallest absolute Gasteiger partial charge is 0.404 e. The first-order valence-electron chi connectivity index (χ1n) is 5.07. The first kappa shape index (κ1) is 11.6. The van der Waals surface area contributed by atoms with E-state index in [0.29, 0.717) is 18.3 Å². The Morgan fingerprint density at radius 3 is 2.47 bits per heavy atom. The Bertz CT molecular complexity index is 247. The first-order chi connectivity index (χ1) is 7.13. The second kappa shape index (κ2) is 5.43. The van der Waals surface area contributed by atoms with Gasteiger partial charge in [0, 0.05) is 12.5 Å². The minimum absolute atomic E-state index is 0.149. The number of hydrogen-bond acceptors (Lipinski definition) is 3. The van der Waals surface area contributed by atoms with E-state index in [9.17, 15) is 4.79 Å². The number of hydrogen-bond donors (Lipinski definition) is 4. The fourth-order valence-electron chi connectivity index (χ4n) is 1.98. The van der Waals surface area contributed by atoms with Crippen LogP contribution >= 0.6 is 0 Å². The van der Waals surface area contributed by atoms with Crippen molar-refractivity contribution in [3.8, 4) is 0 Å². The molecule has 0 aliphatic heterocycles. The first-order valence-corrected chi connectivity index (χ1v) is 5.07. The molecule has 1 amide bonds. The van der Waals surface area contributed by atoms with Crippen LogP contribution in [0.4, 0.5) is 4.79 Å². The van der Waals surface area contributed by atoms with Gasteiger partial charge in [-0.05, 0) is 31.6 Å². The quantitative estimate of drug-likeness (QED) is 0.242. The highest BCUT2D eigenvalue weighted by molar-refractivity contribution is 5.82. The molecule has 0 bridgehead atoms. The van der Waals surface area contributed by atoms with Crippen molar-refractivity contribution in [1.82, 2.24) is 5.32 Å². The molecule has 5 N–H and O–H groups in total. The molecule has 0 spiro atoms. The maximum Gasteiger partial charge on any atom is 0.404 e. The highest BCUT2D eigenvalue weighted by Gasteiger charge is 2.23. The summed E-state index contributed by atoms with van der Waals surface area (Å²) in [6, 6.07) is 0. The van der Waals surface area contributed by atoms with Crippen LogP contribution in [0.3, 0.4) is 0 Å². The number of rotatable bonds is 3. The lowest BCUT2D eigenvalue weighted by Crippen LogP contribution is -2.33. The summed E-state index contributed by atoms with van der Waals surface area (Å²) in [7, 11) is 0. The van der Waals surface area contributed by atoms with Gasteiger partial charge in [-0.3, -0.25) is 0 Å². The van der Waals surface area contributed by atoms with Crippen LogP contribution in [-0.2, 0) is 0 Å². The molecule has 1 aliphatic carbocycles. The third-order valence-corrected chi connectivity index (χ3v) is 2.92. The summed E-state index contributed by atoms with van der Waals surface area (Å²) in [6.45, 7) is 0.498. The SMILES string of the molecule is NC(=NO)C1CCC(CNC(=O)O)CC1. The third-order valence-electron chi connectivity index (χ3n) is 2.92. The van der Waals surface area contributed by atoms with Crippen molar-refractivity contribution < 1.29 is 15.1 Å². The molecule has 0 aromatic rings. The zero-order chi connectivity index (χ0) is 11.3. The molecule has 15 heavy (non-hydrogen) atoms. The van der Waals surface area contributed by atoms with Crippen molar-refractivity contribution >= 4 is 11.9 Å². The molecule has 1 saturated carbocycles. The Balaban J connectivity index is 2.27. The third kappa shape index (κ3) is 3.65. The van der Waals surface area contributed by atoms with Crippen molar-refractivity contribution in [2.24, 2.45) is 22.7 Å². The van der Waals surface area contributed by atoms with Gasteiger partial charge in [0.1, 0.15) is 5.84 Å². The van der Waals surface area contributed by atoms with Gasteiger partial charge in [-0.25, -0.2) is 4.79 Å². The van der Waals surface area contributed by atoms with E-state index in [1.807, 2.05) is 0 Å². The lowest BCUT2D eigenvalue weighted by atomic mass is 9.81. The number of nitrogens with two attached hydrogens (primary N) is 1. The maximum atomic E-state index is 10.3. The Labute approximate surface area is 88.1 Å². The largest absolute Gasteiger partial charge is 0.465 e. The number of nitrogens with one attached hydrogen (secondary N) is 1. The van der Waals surface area contributed by atoms with Crippen molar-refractivity contribution in [3.63, 3.8) is 0 Å². The van der Waals surface area contributed by atoms with Crippen LogP contribution in [0.1, 0.15) is 25.7 Å². The zero-order valence-electron chi connectivity index (χ0n) is 8.52. The van der Waals surface area contributed by atoms with E-state index in [4.69, 9.17) is 16.0 Å². The lowest BCUT2D eigenvalue weighted by Gasteiger charge is -2.27. The van der Waals surface area contributed by atoms with Crippen LogP contribution in [0.2, 0.25) is 0 Å². The maximum absolute atomic E-state index is 10.3. The standard InChI is InChI=1S/C9H17N3O3/c10-8(12-15)7-3-1-6(2-4-7)5-11-9(13)14/h6-7,11,15H,1-5H2,(H2,10,12)(H,13,14). The summed E-state index contributed by atoms with van der Waals surface area (Å²) in [6.07, 6.45) is 2.58. The van der Waals surface area contributed by atoms with Crippen molar-refractivity contribution in [2.75, 3.05) is 6.54 Å². The lowest BCUT2D eigenvalue weighted by molar-refractivity contribution is 0.189. The van der Waals surface area contributed by atoms with Crippen LogP contribution in [0.5, 0.6) is 0 Å². The summed E-state index contributed by atoms with van der Waals surface area (Å²) in [4.78, 5) is 10.3. The zero-order valence-corrected chi connectivity index (χ0v) is 8.52. The molecule has 6 heteroatoms. The molecule has 0 radical (unpaired) electrons. The summed E-state index contributed by atoms with van der Waals surface area (Å²) < 4.78 is 0. The molecule has 0 unspecified atom stereocenters. The van der Waals surface area contributed by atoms with E-state index >= 15 is 0 Å². The highest BCUT2D eigenvalue weighted by atomic mass is 16.4. The van der Waals surface area contributed by atoms with E-state index < -0.39 is 6.09 Å². The second-order valence-electron chi connectivity index (χ2n) is 3.93. The van der Waals surface area contributed by atoms with Crippen molar-refractivity contribution in [2.45, 2.75) is 25.7 Å². The van der Waals surface area contributed by atoms with E-state index in [2.05, 4.69) is 10.5 Å². The van der Waals surface area contributed by atoms with E-state index in [0.717, 1.165) is 25.7 Å². The molecular weight excluding hydrogens is 198 g/mol. The van der Waals surface area contributed by atoms with Gasteiger partial charge in [0.2, 0.25) is 0 Å². The number of carbonyl (C=O) groups is 1. The molecule has 0 saturated heterocycles. The molecule has 0 aromatic carbocycles. The van der Waals surface area contributed by atoms with Gasteiger partial charge in [-0.15, -0.1) is 0 Å². The van der Waals surface area contributed by atoms with Gasteiger partial charge >= 0.3 is 6.09 Å². The summed E-state index contributed by atoms with van der Waals surface area (Å²) >= 11 is 0. The number of amides is 1. The average Bonchev–Trinajstić information content (AvgIpc) is 2.26. The average molecular weight is 215 g/mol. The van der Waals surface area contributed by atoms with Crippen molar-refractivity contribution in [3.05, 3.63) is 0 Å². The fraction of sp³-hybridized carbons (Fsp3) is 0.778. The van der Waals surface area contributed by atoms with Gasteiger partial charge in [0.05, 0.1) is 0 Å². The Kier molecular flexibility index (Phi) is 4.20. The second-order valence-corrected chi connectivity index (χ2v) is 3.93. The van der Waals surface area contributed by atoms with Crippen LogP contribution in [-0.4, -0.2) is 28.8 Å². The summed E-state index contributed by atoms with van der Waals surface area (Å²) in [5.41, 5.74) is 5.51. The predicted molar refractivity (Wildman–Crippen MR) is 54.9 cm³/mol. The Hall–Kier alpha value is -1.46. The summed E-state index contributed by atoms with van der Waals surface area (Å²) in [5.74, 6) is 0.819. The predicted octanol–water partition coefficient (Wildman–Crippen LogP) is 0.807. The normalized spacial score (nSPS) is 27.3. The topological polar surface area (TPSA) is 108 Å². The number of nitrogens with zero attached hydrogens (tertiary/aromatic N) is 1. The summed E-state index contributed by atoms with van der Waals surface area (Å²) in [5, 5.41) is 22.3. The van der Waals surface area contributed by atoms with E-state index in [-0.39, 0.29) is 5.92 Å². The van der Waals surface area contributed by atoms with Gasteiger partial charge < -0.3 is 21.4 Å². The molecule has 86 valence electrons. The minimum atomic E-state index is -0.978. The molecule has 6 nitrogen and oxygen atoms in total. The fourth-order valence-corrected chi connectivity index (χ4v) is 1.98. The molecule has 1 aliphatic rings. The van der Waals surface area contributed by atoms with Gasteiger partial charge in [0.15, 0.2) is 0 Å². The Morgan fingerprint density at radius 1 is 1.40 bits per heavy atom. The van der Waals surface area contributed by atoms with Crippen LogP contribution in [0, 0.1) is 11.8 Å². The van der Waals surface area contributed by atoms with Crippen LogP contribution in [0.25, 0.3) is 0 Å². The molecule has 0 aromatic heterocycles. The minimum Gasteiger partial charge on any atom is -0.465 e. The highest BCUT2D eigenvalue weighted by Crippen LogP contribution is 2.28. The van der Waals surface area contributed by atoms with Crippen molar-refractivity contribution in [1.29, 1.82) is 0 Å². The molecular formula is C9H17N3O3. The Morgan fingerprint density at radius 2 is 2.00 bits per heavy atom. The number of carboxylic acid groups (broad SMARTS) is 1. The monoisotopic (exact) mass is 215 g/mol. The molecule has 0 heterocycles. The molecule has 1 rings (SSSR count). The number of amidine groups is 1. The van der Waals surface area contributed by atoms with Crippen LogP contribution in [0.15, 0.2) is 5.16 Å². The van der Waals surface area contributed by atoms with Gasteiger partial charge in [-0.1, -0.05) is 5.16 Å². The van der Waals surface area contributed by atoms with Gasteiger partial charge in [-0.2, -0.15) is 0 Å².